The second kappa shape index (κ2) is 3.74. The summed E-state index contributed by atoms with van der Waals surface area (Å²) >= 11 is 0. The summed E-state index contributed by atoms with van der Waals surface area (Å²) in [6.45, 7) is 4.28. The van der Waals surface area contributed by atoms with Crippen molar-refractivity contribution in [3.05, 3.63) is 23.4 Å². The Morgan fingerprint density at radius 1 is 1.38 bits per heavy atom. The third-order valence-corrected chi connectivity index (χ3v) is 3.31. The van der Waals surface area contributed by atoms with Crippen molar-refractivity contribution in [3.8, 4) is 5.75 Å². The quantitative estimate of drug-likeness (QED) is 0.787. The number of benzene rings is 1. The van der Waals surface area contributed by atoms with Crippen LogP contribution in [-0.4, -0.2) is 11.7 Å². The molecule has 0 fully saturated rings. The maximum atomic E-state index is 6.13. The van der Waals surface area contributed by atoms with Gasteiger partial charge in [-0.15, -0.1) is 0 Å². The molecule has 0 saturated heterocycles. The Morgan fingerprint density at radius 3 is 2.62 bits per heavy atom. The third kappa shape index (κ3) is 1.28. The lowest BCUT2D eigenvalue weighted by Crippen LogP contribution is -1.95. The molecule has 0 aliphatic carbocycles. The molecule has 0 saturated carbocycles. The van der Waals surface area contributed by atoms with Crippen LogP contribution in [0.3, 0.4) is 0 Å². The molecule has 2 N–H and O–H groups in total. The first-order valence-corrected chi connectivity index (χ1v) is 5.52. The van der Waals surface area contributed by atoms with Crippen molar-refractivity contribution in [2.24, 2.45) is 7.05 Å². The van der Waals surface area contributed by atoms with Gasteiger partial charge in [0, 0.05) is 18.1 Å². The van der Waals surface area contributed by atoms with Crippen molar-refractivity contribution in [1.29, 1.82) is 0 Å². The van der Waals surface area contributed by atoms with Crippen molar-refractivity contribution in [2.75, 3.05) is 12.8 Å². The summed E-state index contributed by atoms with van der Waals surface area (Å²) in [7, 11) is 3.73. The van der Waals surface area contributed by atoms with Gasteiger partial charge in [-0.1, -0.05) is 6.92 Å². The van der Waals surface area contributed by atoms with Gasteiger partial charge in [-0.25, -0.2) is 0 Å². The number of nitrogen functional groups attached to an aromatic ring is 1. The number of nitrogens with zero attached hydrogens (tertiary/aromatic N) is 1. The van der Waals surface area contributed by atoms with Crippen LogP contribution >= 0.6 is 0 Å². The maximum Gasteiger partial charge on any atom is 0.142 e. The molecule has 0 bridgehead atoms. The van der Waals surface area contributed by atoms with Gasteiger partial charge in [-0.3, -0.25) is 0 Å². The summed E-state index contributed by atoms with van der Waals surface area (Å²) in [5.74, 6) is 0.754. The number of fused-ring (bicyclic) bond motifs is 1. The Kier molecular flexibility index (Phi) is 2.54. The van der Waals surface area contributed by atoms with E-state index in [1.807, 2.05) is 6.07 Å². The minimum atomic E-state index is 0.743. The van der Waals surface area contributed by atoms with E-state index in [2.05, 4.69) is 31.5 Å². The minimum Gasteiger partial charge on any atom is -0.495 e. The van der Waals surface area contributed by atoms with Crippen LogP contribution in [0.2, 0.25) is 0 Å². The van der Waals surface area contributed by atoms with E-state index in [-0.39, 0.29) is 0 Å². The van der Waals surface area contributed by atoms with Gasteiger partial charge in [0.25, 0.3) is 0 Å². The first-order chi connectivity index (χ1) is 7.61. The molecule has 2 aromatic rings. The van der Waals surface area contributed by atoms with E-state index in [0.717, 1.165) is 23.2 Å². The first kappa shape index (κ1) is 10.9. The molecule has 3 nitrogen and oxygen atoms in total. The van der Waals surface area contributed by atoms with Crippen molar-refractivity contribution in [2.45, 2.75) is 20.3 Å². The highest BCUT2D eigenvalue weighted by molar-refractivity contribution is 5.98. The molecule has 0 spiro atoms. The highest BCUT2D eigenvalue weighted by atomic mass is 16.5. The van der Waals surface area contributed by atoms with Crippen molar-refractivity contribution >= 4 is 16.6 Å². The summed E-state index contributed by atoms with van der Waals surface area (Å²) in [6.07, 6.45) is 1.01. The van der Waals surface area contributed by atoms with Gasteiger partial charge in [0.1, 0.15) is 5.75 Å². The molecule has 0 amide bonds. The number of hydrogen-bond acceptors (Lipinski definition) is 2. The Labute approximate surface area is 95.8 Å². The van der Waals surface area contributed by atoms with E-state index >= 15 is 0 Å². The van der Waals surface area contributed by atoms with E-state index in [0.29, 0.717) is 0 Å². The molecule has 0 radical (unpaired) electrons. The number of ether oxygens (including phenoxy) is 1. The highest BCUT2D eigenvalue weighted by Gasteiger charge is 2.14. The number of aromatic nitrogens is 1. The lowest BCUT2D eigenvalue weighted by Gasteiger charge is -2.06. The van der Waals surface area contributed by atoms with Gasteiger partial charge >= 0.3 is 0 Å². The van der Waals surface area contributed by atoms with E-state index < -0.39 is 0 Å². The van der Waals surface area contributed by atoms with Crippen LogP contribution in [0, 0.1) is 6.92 Å². The molecule has 1 aromatic carbocycles. The predicted molar refractivity (Wildman–Crippen MR) is 68.0 cm³/mol. The Hall–Kier alpha value is -1.64. The van der Waals surface area contributed by atoms with Crippen LogP contribution in [0.1, 0.15) is 18.2 Å². The molecule has 1 heterocycles. The molecule has 0 aliphatic rings. The van der Waals surface area contributed by atoms with Gasteiger partial charge in [-0.2, -0.15) is 0 Å². The molecule has 0 atom stereocenters. The largest absolute Gasteiger partial charge is 0.495 e. The van der Waals surface area contributed by atoms with Crippen molar-refractivity contribution in [1.82, 2.24) is 4.57 Å². The van der Waals surface area contributed by atoms with E-state index in [1.165, 1.54) is 16.8 Å². The van der Waals surface area contributed by atoms with Gasteiger partial charge < -0.3 is 15.0 Å². The predicted octanol–water partition coefficient (Wildman–Crippen LogP) is 2.64. The first-order valence-electron chi connectivity index (χ1n) is 5.52. The number of anilines is 1. The van der Waals surface area contributed by atoms with Crippen LogP contribution in [-0.2, 0) is 13.5 Å². The monoisotopic (exact) mass is 218 g/mol. The molecular formula is C13H18N2O. The summed E-state index contributed by atoms with van der Waals surface area (Å²) in [5, 5.41) is 1.12. The molecule has 1 aromatic heterocycles. The zero-order chi connectivity index (χ0) is 11.9. The fraction of sp³-hybridized carbons (Fsp3) is 0.385. The molecule has 0 unspecified atom stereocenters. The third-order valence-electron chi connectivity index (χ3n) is 3.31. The summed E-state index contributed by atoms with van der Waals surface area (Å²) < 4.78 is 7.47. The average Bonchev–Trinajstić information content (AvgIpc) is 2.52. The Bertz CT molecular complexity index is 541. The average molecular weight is 218 g/mol. The maximum absolute atomic E-state index is 6.13. The van der Waals surface area contributed by atoms with E-state index in [1.54, 1.807) is 7.11 Å². The van der Waals surface area contributed by atoms with Gasteiger partial charge in [0.2, 0.25) is 0 Å². The molecule has 86 valence electrons. The topological polar surface area (TPSA) is 40.2 Å². The van der Waals surface area contributed by atoms with Crippen LogP contribution in [0.5, 0.6) is 5.75 Å². The van der Waals surface area contributed by atoms with Crippen LogP contribution in [0.4, 0.5) is 5.69 Å². The zero-order valence-electron chi connectivity index (χ0n) is 10.3. The highest BCUT2D eigenvalue weighted by Crippen LogP contribution is 2.35. The second-order valence-corrected chi connectivity index (χ2v) is 4.06. The minimum absolute atomic E-state index is 0.743. The van der Waals surface area contributed by atoms with Crippen molar-refractivity contribution in [3.63, 3.8) is 0 Å². The summed E-state index contributed by atoms with van der Waals surface area (Å²) in [4.78, 5) is 0. The molecule has 0 aliphatic heterocycles. The Morgan fingerprint density at radius 2 is 2.06 bits per heavy atom. The molecule has 2 rings (SSSR count). The van der Waals surface area contributed by atoms with Gasteiger partial charge in [0.15, 0.2) is 0 Å². The number of hydrogen-bond donors (Lipinski definition) is 1. The Balaban J connectivity index is 2.89. The normalized spacial score (nSPS) is 11.0. The van der Waals surface area contributed by atoms with Gasteiger partial charge in [0.05, 0.1) is 18.3 Å². The summed E-state index contributed by atoms with van der Waals surface area (Å²) in [6, 6.07) is 3.99. The van der Waals surface area contributed by atoms with E-state index in [9.17, 15) is 0 Å². The fourth-order valence-corrected chi connectivity index (χ4v) is 2.48. The van der Waals surface area contributed by atoms with Gasteiger partial charge in [-0.05, 0) is 31.0 Å². The summed E-state index contributed by atoms with van der Waals surface area (Å²) in [5.41, 5.74) is 10.6. The van der Waals surface area contributed by atoms with Crippen LogP contribution in [0.15, 0.2) is 12.1 Å². The number of nitrogens with two attached hydrogens (primary N) is 1. The van der Waals surface area contributed by atoms with Crippen LogP contribution in [0.25, 0.3) is 10.9 Å². The second-order valence-electron chi connectivity index (χ2n) is 4.06. The van der Waals surface area contributed by atoms with E-state index in [4.69, 9.17) is 10.5 Å². The van der Waals surface area contributed by atoms with Crippen LogP contribution < -0.4 is 10.5 Å². The zero-order valence-corrected chi connectivity index (χ0v) is 10.3. The SMILES string of the molecule is CCc1c(C)c2c(N)c(OC)ccc2n1C. The fourth-order valence-electron chi connectivity index (χ4n) is 2.48. The lowest BCUT2D eigenvalue weighted by molar-refractivity contribution is 0.417. The number of aryl methyl sites for hydroxylation is 2. The lowest BCUT2D eigenvalue weighted by atomic mass is 10.1. The standard InChI is InChI=1S/C13H18N2O/c1-5-9-8(2)12-10(15(9)3)6-7-11(16-4)13(12)14/h6-7H,5,14H2,1-4H3. The molecule has 16 heavy (non-hydrogen) atoms. The molecular weight excluding hydrogens is 200 g/mol. The number of rotatable bonds is 2. The number of methoxy groups -OCH3 is 1. The molecule has 3 heteroatoms. The smallest absolute Gasteiger partial charge is 0.142 e. The van der Waals surface area contributed by atoms with Crippen molar-refractivity contribution < 1.29 is 4.74 Å².